The van der Waals surface area contributed by atoms with Crippen LogP contribution in [-0.4, -0.2) is 9.78 Å². The first-order valence-electron chi connectivity index (χ1n) is 6.16. The monoisotopic (exact) mass is 307 g/mol. The van der Waals surface area contributed by atoms with E-state index in [9.17, 15) is 0 Å². The number of nitrogens with zero attached hydrogens (tertiary/aromatic N) is 2. The van der Waals surface area contributed by atoms with E-state index in [0.29, 0.717) is 0 Å². The van der Waals surface area contributed by atoms with Gasteiger partial charge >= 0.3 is 0 Å². The summed E-state index contributed by atoms with van der Waals surface area (Å²) in [6.45, 7) is 5.14. The van der Waals surface area contributed by atoms with Gasteiger partial charge < -0.3 is 5.73 Å². The summed E-state index contributed by atoms with van der Waals surface area (Å²) in [7, 11) is 0. The van der Waals surface area contributed by atoms with Gasteiger partial charge in [-0.1, -0.05) is 41.1 Å². The number of halogens is 1. The summed E-state index contributed by atoms with van der Waals surface area (Å²) in [6.07, 6.45) is 4.96. The van der Waals surface area contributed by atoms with Gasteiger partial charge in [0.1, 0.15) is 0 Å². The third-order valence-electron chi connectivity index (χ3n) is 3.02. The highest BCUT2D eigenvalue weighted by atomic mass is 79.9. The fraction of sp³-hybridized carbons (Fsp3) is 0.357. The molecule has 0 aliphatic carbocycles. The summed E-state index contributed by atoms with van der Waals surface area (Å²) < 4.78 is 3.03. The molecule has 1 heterocycles. The third-order valence-corrected chi connectivity index (χ3v) is 4.11. The number of aromatic nitrogens is 2. The minimum absolute atomic E-state index is 0.134. The topological polar surface area (TPSA) is 43.8 Å². The fourth-order valence-electron chi connectivity index (χ4n) is 1.98. The van der Waals surface area contributed by atoms with Crippen molar-refractivity contribution in [2.75, 3.05) is 0 Å². The molecule has 1 unspecified atom stereocenters. The minimum atomic E-state index is -0.134. The molecule has 0 aliphatic heterocycles. The molecule has 2 aromatic rings. The zero-order valence-corrected chi connectivity index (χ0v) is 12.3. The lowest BCUT2D eigenvalue weighted by atomic mass is 10.0. The van der Waals surface area contributed by atoms with Crippen LogP contribution in [0.1, 0.15) is 36.1 Å². The Morgan fingerprint density at radius 3 is 2.94 bits per heavy atom. The smallest absolute Gasteiger partial charge is 0.0594 e. The van der Waals surface area contributed by atoms with Crippen LogP contribution >= 0.6 is 15.9 Å². The van der Waals surface area contributed by atoms with Crippen LogP contribution in [0, 0.1) is 6.92 Å². The van der Waals surface area contributed by atoms with Crippen molar-refractivity contribution >= 4 is 15.9 Å². The highest BCUT2D eigenvalue weighted by Crippen LogP contribution is 2.28. The number of aryl methyl sites for hydroxylation is 2. The Morgan fingerprint density at radius 1 is 1.44 bits per heavy atom. The average molecular weight is 308 g/mol. The van der Waals surface area contributed by atoms with Gasteiger partial charge in [0, 0.05) is 22.8 Å². The maximum Gasteiger partial charge on any atom is 0.0594 e. The molecule has 0 amide bonds. The van der Waals surface area contributed by atoms with E-state index in [4.69, 9.17) is 5.73 Å². The Labute approximate surface area is 116 Å². The van der Waals surface area contributed by atoms with Gasteiger partial charge in [-0.05, 0) is 24.5 Å². The number of benzene rings is 1. The lowest BCUT2D eigenvalue weighted by molar-refractivity contribution is 0.602. The lowest BCUT2D eigenvalue weighted by Crippen LogP contribution is -2.12. The van der Waals surface area contributed by atoms with Crippen LogP contribution in [-0.2, 0) is 6.54 Å². The Bertz CT molecular complexity index is 534. The van der Waals surface area contributed by atoms with E-state index in [-0.39, 0.29) is 6.04 Å². The van der Waals surface area contributed by atoms with Crippen molar-refractivity contribution in [3.05, 3.63) is 51.8 Å². The van der Waals surface area contributed by atoms with Gasteiger partial charge in [-0.3, -0.25) is 4.68 Å². The van der Waals surface area contributed by atoms with Gasteiger partial charge in [0.15, 0.2) is 0 Å². The number of hydrogen-bond donors (Lipinski definition) is 1. The van der Waals surface area contributed by atoms with E-state index in [2.05, 4.69) is 47.0 Å². The average Bonchev–Trinajstić information content (AvgIpc) is 2.81. The van der Waals surface area contributed by atoms with E-state index >= 15 is 0 Å². The quantitative estimate of drug-likeness (QED) is 0.940. The largest absolute Gasteiger partial charge is 0.320 e. The predicted octanol–water partition coefficient (Wildman–Crippen LogP) is 3.41. The second-order valence-corrected chi connectivity index (χ2v) is 5.29. The lowest BCUT2D eigenvalue weighted by Gasteiger charge is -2.13. The number of hydrogen-bond acceptors (Lipinski definition) is 2. The van der Waals surface area contributed by atoms with Crippen LogP contribution in [0.4, 0.5) is 0 Å². The first-order chi connectivity index (χ1) is 8.63. The Kier molecular flexibility index (Phi) is 4.19. The summed E-state index contributed by atoms with van der Waals surface area (Å²) >= 11 is 3.61. The number of nitrogens with two attached hydrogens (primary N) is 1. The molecule has 0 fully saturated rings. The van der Waals surface area contributed by atoms with Crippen molar-refractivity contribution in [3.8, 4) is 0 Å². The van der Waals surface area contributed by atoms with Crippen LogP contribution in [0.2, 0.25) is 0 Å². The molecule has 18 heavy (non-hydrogen) atoms. The molecule has 2 rings (SSSR count). The summed E-state index contributed by atoms with van der Waals surface area (Å²) in [5.74, 6) is 0. The zero-order chi connectivity index (χ0) is 13.1. The fourth-order valence-corrected chi connectivity index (χ4v) is 2.49. The highest BCUT2D eigenvalue weighted by molar-refractivity contribution is 9.10. The van der Waals surface area contributed by atoms with Gasteiger partial charge in [0.2, 0.25) is 0 Å². The summed E-state index contributed by atoms with van der Waals surface area (Å²) in [5, 5.41) is 4.33. The first-order valence-corrected chi connectivity index (χ1v) is 6.95. The highest BCUT2D eigenvalue weighted by Gasteiger charge is 2.14. The van der Waals surface area contributed by atoms with E-state index in [1.807, 2.05) is 23.1 Å². The number of rotatable bonds is 4. The Morgan fingerprint density at radius 2 is 2.22 bits per heavy atom. The van der Waals surface area contributed by atoms with E-state index in [0.717, 1.165) is 28.6 Å². The molecule has 1 aromatic carbocycles. The SMILES string of the molecule is CCCn1cc(C(N)c2cccc(C)c2Br)cn1. The summed E-state index contributed by atoms with van der Waals surface area (Å²) in [5.41, 5.74) is 9.66. The van der Waals surface area contributed by atoms with Crippen LogP contribution in [0.5, 0.6) is 0 Å². The van der Waals surface area contributed by atoms with Gasteiger partial charge in [-0.25, -0.2) is 0 Å². The van der Waals surface area contributed by atoms with Crippen LogP contribution in [0.15, 0.2) is 35.1 Å². The predicted molar refractivity (Wildman–Crippen MR) is 77.4 cm³/mol. The van der Waals surface area contributed by atoms with Crippen molar-refractivity contribution in [3.63, 3.8) is 0 Å². The van der Waals surface area contributed by atoms with Crippen molar-refractivity contribution in [2.45, 2.75) is 32.9 Å². The molecule has 1 aromatic heterocycles. The molecule has 3 nitrogen and oxygen atoms in total. The van der Waals surface area contributed by atoms with Crippen LogP contribution in [0.25, 0.3) is 0 Å². The van der Waals surface area contributed by atoms with Crippen molar-refractivity contribution in [1.82, 2.24) is 9.78 Å². The molecule has 2 N–H and O–H groups in total. The van der Waals surface area contributed by atoms with E-state index in [1.165, 1.54) is 5.56 Å². The Hall–Kier alpha value is -1.13. The molecule has 4 heteroatoms. The van der Waals surface area contributed by atoms with Gasteiger partial charge in [0.25, 0.3) is 0 Å². The molecule has 0 saturated carbocycles. The zero-order valence-electron chi connectivity index (χ0n) is 10.7. The van der Waals surface area contributed by atoms with Gasteiger partial charge in [-0.2, -0.15) is 5.10 Å². The molecule has 0 saturated heterocycles. The van der Waals surface area contributed by atoms with E-state index in [1.54, 1.807) is 0 Å². The van der Waals surface area contributed by atoms with Crippen molar-refractivity contribution in [2.24, 2.45) is 5.73 Å². The second kappa shape index (κ2) is 5.67. The van der Waals surface area contributed by atoms with Gasteiger partial charge in [0.05, 0.1) is 12.2 Å². The van der Waals surface area contributed by atoms with Crippen LogP contribution in [0.3, 0.4) is 0 Å². The maximum atomic E-state index is 6.31. The Balaban J connectivity index is 2.29. The summed E-state index contributed by atoms with van der Waals surface area (Å²) in [4.78, 5) is 0. The van der Waals surface area contributed by atoms with Gasteiger partial charge in [-0.15, -0.1) is 0 Å². The normalized spacial score (nSPS) is 12.7. The molecule has 0 bridgehead atoms. The van der Waals surface area contributed by atoms with Crippen molar-refractivity contribution < 1.29 is 0 Å². The first kappa shape index (κ1) is 13.3. The standard InChI is InChI=1S/C14H18BrN3/c1-3-7-18-9-11(8-17-18)14(16)12-6-4-5-10(2)13(12)15/h4-6,8-9,14H,3,7,16H2,1-2H3. The second-order valence-electron chi connectivity index (χ2n) is 4.49. The molecule has 0 spiro atoms. The molecule has 96 valence electrons. The van der Waals surface area contributed by atoms with Crippen molar-refractivity contribution in [1.29, 1.82) is 0 Å². The van der Waals surface area contributed by atoms with E-state index < -0.39 is 0 Å². The molecule has 1 atom stereocenters. The summed E-state index contributed by atoms with van der Waals surface area (Å²) in [6, 6.07) is 6.02. The minimum Gasteiger partial charge on any atom is -0.320 e. The molecular formula is C14H18BrN3. The molecule has 0 aliphatic rings. The van der Waals surface area contributed by atoms with Crippen LogP contribution < -0.4 is 5.73 Å². The third kappa shape index (κ3) is 2.65. The molecular weight excluding hydrogens is 290 g/mol. The molecule has 0 radical (unpaired) electrons. The maximum absolute atomic E-state index is 6.31.